The van der Waals surface area contributed by atoms with Crippen molar-refractivity contribution in [2.75, 3.05) is 19.0 Å². The van der Waals surface area contributed by atoms with E-state index in [4.69, 9.17) is 4.74 Å². The summed E-state index contributed by atoms with van der Waals surface area (Å²) in [6.07, 6.45) is 2.53. The van der Waals surface area contributed by atoms with Gasteiger partial charge in [-0.3, -0.25) is 4.79 Å². The fraction of sp³-hybridized carbons (Fsp3) is 0.409. The van der Waals surface area contributed by atoms with Crippen LogP contribution < -0.4 is 10.1 Å². The van der Waals surface area contributed by atoms with Gasteiger partial charge in [0.15, 0.2) is 0 Å². The number of nitrogens with one attached hydrogen (secondary N) is 1. The van der Waals surface area contributed by atoms with E-state index in [1.54, 1.807) is 31.4 Å². The Balaban J connectivity index is 1.75. The third-order valence-corrected chi connectivity index (χ3v) is 7.13. The van der Waals surface area contributed by atoms with E-state index in [1.165, 1.54) is 4.31 Å². The van der Waals surface area contributed by atoms with Crippen LogP contribution in [0.15, 0.2) is 47.4 Å². The fourth-order valence-corrected chi connectivity index (χ4v) is 5.54. The summed E-state index contributed by atoms with van der Waals surface area (Å²) in [6.45, 7) is 4.38. The van der Waals surface area contributed by atoms with Gasteiger partial charge in [0, 0.05) is 24.7 Å². The van der Waals surface area contributed by atoms with Crippen LogP contribution in [-0.4, -0.2) is 38.3 Å². The van der Waals surface area contributed by atoms with Gasteiger partial charge in [0.05, 0.1) is 12.0 Å². The second-order valence-corrected chi connectivity index (χ2v) is 9.46. The van der Waals surface area contributed by atoms with Crippen molar-refractivity contribution in [1.82, 2.24) is 4.31 Å². The molecule has 156 valence electrons. The summed E-state index contributed by atoms with van der Waals surface area (Å²) in [5.74, 6) is 0.434. The number of nitrogens with zero attached hydrogens (tertiary/aromatic N) is 1. The summed E-state index contributed by atoms with van der Waals surface area (Å²) in [5, 5.41) is 2.92. The molecule has 1 N–H and O–H groups in total. The number of anilines is 1. The predicted molar refractivity (Wildman–Crippen MR) is 114 cm³/mol. The molecule has 1 fully saturated rings. The molecule has 0 saturated carbocycles. The smallest absolute Gasteiger partial charge is 0.243 e. The first kappa shape index (κ1) is 21.3. The number of benzene rings is 2. The van der Waals surface area contributed by atoms with Gasteiger partial charge in [-0.25, -0.2) is 8.42 Å². The van der Waals surface area contributed by atoms with E-state index >= 15 is 0 Å². The molecule has 1 unspecified atom stereocenters. The van der Waals surface area contributed by atoms with Crippen molar-refractivity contribution in [1.29, 1.82) is 0 Å². The van der Waals surface area contributed by atoms with Crippen molar-refractivity contribution < 1.29 is 17.9 Å². The average molecular weight is 417 g/mol. The van der Waals surface area contributed by atoms with Crippen LogP contribution in [0.3, 0.4) is 0 Å². The maximum absolute atomic E-state index is 13.2. The summed E-state index contributed by atoms with van der Waals surface area (Å²) < 4.78 is 33.0. The summed E-state index contributed by atoms with van der Waals surface area (Å²) in [7, 11) is -2.13. The van der Waals surface area contributed by atoms with Crippen molar-refractivity contribution in [3.05, 3.63) is 53.6 Å². The van der Waals surface area contributed by atoms with Gasteiger partial charge in [-0.2, -0.15) is 4.31 Å². The minimum absolute atomic E-state index is 0.141. The first-order chi connectivity index (χ1) is 13.8. The van der Waals surface area contributed by atoms with Crippen LogP contribution in [0.1, 0.15) is 36.8 Å². The number of sulfonamides is 1. The van der Waals surface area contributed by atoms with E-state index in [-0.39, 0.29) is 23.3 Å². The maximum atomic E-state index is 13.2. The van der Waals surface area contributed by atoms with Gasteiger partial charge in [0.1, 0.15) is 5.75 Å². The standard InChI is InChI=1S/C22H28N2O4S/c1-16-12-17(2)14-18(13-16)23-22(25)15-19-6-4-5-11-24(19)29(26,27)21-9-7-20(28-3)8-10-21/h7-10,12-14,19H,4-6,11,15H2,1-3H3,(H,23,25). The van der Waals surface area contributed by atoms with Crippen LogP contribution in [-0.2, 0) is 14.8 Å². The van der Waals surface area contributed by atoms with Gasteiger partial charge in [0.2, 0.25) is 15.9 Å². The van der Waals surface area contributed by atoms with Gasteiger partial charge in [0.25, 0.3) is 0 Å². The van der Waals surface area contributed by atoms with Crippen LogP contribution in [0.5, 0.6) is 5.75 Å². The van der Waals surface area contributed by atoms with Crippen molar-refractivity contribution in [2.24, 2.45) is 0 Å². The molecule has 0 radical (unpaired) electrons. The zero-order valence-electron chi connectivity index (χ0n) is 17.1. The molecule has 7 heteroatoms. The average Bonchev–Trinajstić information content (AvgIpc) is 2.67. The predicted octanol–water partition coefficient (Wildman–Crippen LogP) is 3.88. The van der Waals surface area contributed by atoms with E-state index in [2.05, 4.69) is 5.32 Å². The second-order valence-electron chi connectivity index (χ2n) is 7.57. The number of rotatable bonds is 6. The molecule has 1 saturated heterocycles. The number of hydrogen-bond acceptors (Lipinski definition) is 4. The quantitative estimate of drug-likeness (QED) is 0.775. The number of ether oxygens (including phenoxy) is 1. The molecule has 1 atom stereocenters. The van der Waals surface area contributed by atoms with Gasteiger partial charge in [-0.05, 0) is 74.2 Å². The summed E-state index contributed by atoms with van der Waals surface area (Å²) in [5.41, 5.74) is 2.89. The molecule has 0 spiro atoms. The number of methoxy groups -OCH3 is 1. The van der Waals surface area contributed by atoms with Crippen molar-refractivity contribution in [3.8, 4) is 5.75 Å². The highest BCUT2D eigenvalue weighted by atomic mass is 32.2. The normalized spacial score (nSPS) is 17.7. The summed E-state index contributed by atoms with van der Waals surface area (Å²) in [4.78, 5) is 12.9. The monoisotopic (exact) mass is 416 g/mol. The molecule has 6 nitrogen and oxygen atoms in total. The molecule has 2 aromatic carbocycles. The summed E-state index contributed by atoms with van der Waals surface area (Å²) >= 11 is 0. The Morgan fingerprint density at radius 3 is 2.38 bits per heavy atom. The molecular weight excluding hydrogens is 388 g/mol. The molecule has 1 aliphatic heterocycles. The molecule has 1 aliphatic rings. The molecule has 0 aliphatic carbocycles. The number of amides is 1. The molecule has 0 bridgehead atoms. The fourth-order valence-electron chi connectivity index (χ4n) is 3.85. The Hall–Kier alpha value is -2.38. The topological polar surface area (TPSA) is 75.7 Å². The number of piperidine rings is 1. The first-order valence-electron chi connectivity index (χ1n) is 9.83. The van der Waals surface area contributed by atoms with Crippen LogP contribution in [0.2, 0.25) is 0 Å². The minimum Gasteiger partial charge on any atom is -0.497 e. The SMILES string of the molecule is COc1ccc(S(=O)(=O)N2CCCCC2CC(=O)Nc2cc(C)cc(C)c2)cc1. The lowest BCUT2D eigenvalue weighted by atomic mass is 10.0. The van der Waals surface area contributed by atoms with E-state index in [1.807, 2.05) is 32.0 Å². The summed E-state index contributed by atoms with van der Waals surface area (Å²) in [6, 6.07) is 11.9. The second kappa shape index (κ2) is 8.97. The van der Waals surface area contributed by atoms with Crippen molar-refractivity contribution in [3.63, 3.8) is 0 Å². The van der Waals surface area contributed by atoms with Gasteiger partial charge < -0.3 is 10.1 Å². The third kappa shape index (κ3) is 5.16. The lowest BCUT2D eigenvalue weighted by Crippen LogP contribution is -2.45. The van der Waals surface area contributed by atoms with Crippen molar-refractivity contribution >= 4 is 21.6 Å². The highest BCUT2D eigenvalue weighted by molar-refractivity contribution is 7.89. The van der Waals surface area contributed by atoms with E-state index in [0.717, 1.165) is 29.7 Å². The van der Waals surface area contributed by atoms with E-state index in [0.29, 0.717) is 18.7 Å². The largest absolute Gasteiger partial charge is 0.497 e. The molecular formula is C22H28N2O4S. The first-order valence-corrected chi connectivity index (χ1v) is 11.3. The molecule has 1 amide bonds. The van der Waals surface area contributed by atoms with Crippen molar-refractivity contribution in [2.45, 2.75) is 50.5 Å². The molecule has 3 rings (SSSR count). The Morgan fingerprint density at radius 2 is 1.76 bits per heavy atom. The lowest BCUT2D eigenvalue weighted by molar-refractivity contribution is -0.117. The molecule has 1 heterocycles. The van der Waals surface area contributed by atoms with Crippen LogP contribution in [0.4, 0.5) is 5.69 Å². The van der Waals surface area contributed by atoms with Gasteiger partial charge in [-0.15, -0.1) is 0 Å². The van der Waals surface area contributed by atoms with Crippen LogP contribution in [0.25, 0.3) is 0 Å². The van der Waals surface area contributed by atoms with Gasteiger partial charge in [-0.1, -0.05) is 12.5 Å². The highest BCUT2D eigenvalue weighted by Crippen LogP contribution is 2.28. The number of aryl methyl sites for hydroxylation is 2. The number of hydrogen-bond donors (Lipinski definition) is 1. The Labute approximate surface area is 172 Å². The highest BCUT2D eigenvalue weighted by Gasteiger charge is 2.34. The molecule has 29 heavy (non-hydrogen) atoms. The Morgan fingerprint density at radius 1 is 1.10 bits per heavy atom. The minimum atomic E-state index is -3.67. The van der Waals surface area contributed by atoms with Gasteiger partial charge >= 0.3 is 0 Å². The van der Waals surface area contributed by atoms with E-state index < -0.39 is 10.0 Å². The molecule has 2 aromatic rings. The number of carbonyl (C=O) groups excluding carboxylic acids is 1. The van der Waals surface area contributed by atoms with E-state index in [9.17, 15) is 13.2 Å². The van der Waals surface area contributed by atoms with Crippen LogP contribution >= 0.6 is 0 Å². The third-order valence-electron chi connectivity index (χ3n) is 5.17. The lowest BCUT2D eigenvalue weighted by Gasteiger charge is -2.34. The zero-order valence-corrected chi connectivity index (χ0v) is 18.0. The maximum Gasteiger partial charge on any atom is 0.243 e. The molecule has 0 aromatic heterocycles. The Kier molecular flexibility index (Phi) is 6.59. The zero-order chi connectivity index (χ0) is 21.0. The van der Waals surface area contributed by atoms with Crippen LogP contribution in [0, 0.1) is 13.8 Å². The Bertz CT molecular complexity index is 951. The number of carbonyl (C=O) groups is 1.